The fourth-order valence-corrected chi connectivity index (χ4v) is 3.91. The van der Waals surface area contributed by atoms with Crippen molar-refractivity contribution in [2.75, 3.05) is 24.7 Å². The fourth-order valence-electron chi connectivity index (χ4n) is 2.66. The van der Waals surface area contributed by atoms with Gasteiger partial charge >= 0.3 is 12.4 Å². The zero-order chi connectivity index (χ0) is 19.4. The average Bonchev–Trinajstić information content (AvgIpc) is 3.12. The molecule has 2 amide bonds. The molecule has 0 bridgehead atoms. The second kappa shape index (κ2) is 7.99. The number of ether oxygens (including phenoxy) is 2. The molecule has 0 saturated carbocycles. The van der Waals surface area contributed by atoms with Crippen LogP contribution in [0.5, 0.6) is 11.5 Å². The van der Waals surface area contributed by atoms with E-state index in [0.717, 1.165) is 29.2 Å². The number of hydrogen-bond acceptors (Lipinski definition) is 4. The average molecular weight is 398 g/mol. The summed E-state index contributed by atoms with van der Waals surface area (Å²) in [5.41, 5.74) is 1.36. The number of alkyl halides is 3. The lowest BCUT2D eigenvalue weighted by molar-refractivity contribution is -0.274. The smallest absolute Gasteiger partial charge is 0.497 e. The highest BCUT2D eigenvalue weighted by Crippen LogP contribution is 2.38. The minimum Gasteiger partial charge on any atom is -0.497 e. The summed E-state index contributed by atoms with van der Waals surface area (Å²) in [6.07, 6.45) is -4.75. The summed E-state index contributed by atoms with van der Waals surface area (Å²) in [6.45, 7) is 0.572. The van der Waals surface area contributed by atoms with Crippen LogP contribution in [0.3, 0.4) is 0 Å². The molecule has 1 heterocycles. The van der Waals surface area contributed by atoms with Crippen LogP contribution in [-0.4, -0.2) is 36.7 Å². The van der Waals surface area contributed by atoms with Gasteiger partial charge in [-0.3, -0.25) is 0 Å². The predicted molar refractivity (Wildman–Crippen MR) is 97.0 cm³/mol. The van der Waals surface area contributed by atoms with Gasteiger partial charge in [-0.1, -0.05) is 12.1 Å². The van der Waals surface area contributed by atoms with E-state index >= 15 is 0 Å². The first-order valence-corrected chi connectivity index (χ1v) is 9.09. The Balaban J connectivity index is 1.65. The molecule has 1 N–H and O–H groups in total. The number of anilines is 1. The van der Waals surface area contributed by atoms with Crippen molar-refractivity contribution < 1.29 is 27.4 Å². The molecule has 1 fully saturated rings. The van der Waals surface area contributed by atoms with Crippen LogP contribution in [-0.2, 0) is 0 Å². The Kier molecular flexibility index (Phi) is 5.69. The van der Waals surface area contributed by atoms with E-state index in [2.05, 4.69) is 10.1 Å². The number of thioether (sulfide) groups is 1. The van der Waals surface area contributed by atoms with Crippen LogP contribution >= 0.6 is 11.8 Å². The molecule has 0 radical (unpaired) electrons. The summed E-state index contributed by atoms with van der Waals surface area (Å²) in [4.78, 5) is 14.3. The molecule has 3 rings (SSSR count). The van der Waals surface area contributed by atoms with Gasteiger partial charge in [-0.05, 0) is 42.0 Å². The Morgan fingerprint density at radius 3 is 2.33 bits per heavy atom. The fraction of sp³-hybridized carbons (Fsp3) is 0.278. The summed E-state index contributed by atoms with van der Waals surface area (Å²) in [5.74, 6) is 1.19. The maximum Gasteiger partial charge on any atom is 0.573 e. The van der Waals surface area contributed by atoms with Crippen molar-refractivity contribution in [2.24, 2.45) is 0 Å². The van der Waals surface area contributed by atoms with E-state index in [4.69, 9.17) is 4.74 Å². The summed E-state index contributed by atoms with van der Waals surface area (Å²) in [7, 11) is 1.59. The molecule has 0 spiro atoms. The van der Waals surface area contributed by atoms with E-state index in [1.165, 1.54) is 12.1 Å². The monoisotopic (exact) mass is 398 g/mol. The van der Waals surface area contributed by atoms with Crippen molar-refractivity contribution in [3.8, 4) is 11.5 Å². The second-order valence-corrected chi connectivity index (χ2v) is 6.88. The van der Waals surface area contributed by atoms with Gasteiger partial charge in [-0.25, -0.2) is 4.79 Å². The number of rotatable bonds is 4. The number of nitrogens with zero attached hydrogens (tertiary/aromatic N) is 1. The number of urea groups is 1. The molecule has 1 saturated heterocycles. The summed E-state index contributed by atoms with van der Waals surface area (Å²) in [5, 5.41) is 2.57. The molecule has 0 aliphatic carbocycles. The van der Waals surface area contributed by atoms with Crippen molar-refractivity contribution in [3.63, 3.8) is 0 Å². The van der Waals surface area contributed by atoms with Gasteiger partial charge in [0.1, 0.15) is 16.9 Å². The van der Waals surface area contributed by atoms with E-state index in [1.807, 2.05) is 24.3 Å². The van der Waals surface area contributed by atoms with Gasteiger partial charge in [0.15, 0.2) is 0 Å². The lowest BCUT2D eigenvalue weighted by Crippen LogP contribution is -2.34. The molecule has 1 aliphatic heterocycles. The Hall–Kier alpha value is -2.55. The zero-order valence-electron chi connectivity index (χ0n) is 14.3. The van der Waals surface area contributed by atoms with Crippen molar-refractivity contribution in [2.45, 2.75) is 11.7 Å². The molecule has 1 aliphatic rings. The lowest BCUT2D eigenvalue weighted by Gasteiger charge is -2.24. The topological polar surface area (TPSA) is 50.8 Å². The maximum atomic E-state index is 12.6. The van der Waals surface area contributed by atoms with E-state index in [-0.39, 0.29) is 17.2 Å². The Morgan fingerprint density at radius 2 is 1.74 bits per heavy atom. The van der Waals surface area contributed by atoms with Gasteiger partial charge in [0.2, 0.25) is 0 Å². The van der Waals surface area contributed by atoms with E-state index < -0.39 is 6.36 Å². The first-order valence-electron chi connectivity index (χ1n) is 8.05. The molecular weight excluding hydrogens is 381 g/mol. The van der Waals surface area contributed by atoms with Crippen molar-refractivity contribution in [3.05, 3.63) is 54.1 Å². The highest BCUT2D eigenvalue weighted by Gasteiger charge is 2.32. The van der Waals surface area contributed by atoms with Crippen molar-refractivity contribution in [1.82, 2.24) is 4.90 Å². The van der Waals surface area contributed by atoms with Crippen LogP contribution in [0, 0.1) is 0 Å². The number of halogens is 3. The minimum atomic E-state index is -4.75. The highest BCUT2D eigenvalue weighted by atomic mass is 32.2. The first kappa shape index (κ1) is 19.2. The summed E-state index contributed by atoms with van der Waals surface area (Å²) < 4.78 is 45.6. The Bertz CT molecular complexity index is 782. The van der Waals surface area contributed by atoms with E-state index in [1.54, 1.807) is 23.8 Å². The SMILES string of the molecule is COc1ccc(C2SCCN2C(=O)Nc2ccc(OC(F)(F)F)cc2)cc1. The second-order valence-electron chi connectivity index (χ2n) is 5.69. The Morgan fingerprint density at radius 1 is 1.11 bits per heavy atom. The van der Waals surface area contributed by atoms with E-state index in [0.29, 0.717) is 12.2 Å². The third-order valence-corrected chi connectivity index (χ3v) is 5.15. The van der Waals surface area contributed by atoms with Crippen LogP contribution in [0.2, 0.25) is 0 Å². The molecule has 2 aromatic carbocycles. The lowest BCUT2D eigenvalue weighted by atomic mass is 10.2. The van der Waals surface area contributed by atoms with Gasteiger partial charge in [0.05, 0.1) is 7.11 Å². The predicted octanol–water partition coefficient (Wildman–Crippen LogP) is 4.87. The number of carbonyl (C=O) groups is 1. The van der Waals surface area contributed by atoms with Crippen LogP contribution in [0.25, 0.3) is 0 Å². The van der Waals surface area contributed by atoms with Gasteiger partial charge in [-0.15, -0.1) is 24.9 Å². The van der Waals surface area contributed by atoms with Gasteiger partial charge in [0.25, 0.3) is 0 Å². The highest BCUT2D eigenvalue weighted by molar-refractivity contribution is 7.99. The number of nitrogens with one attached hydrogen (secondary N) is 1. The molecular formula is C18H17F3N2O3S. The van der Waals surface area contributed by atoms with Crippen molar-refractivity contribution in [1.29, 1.82) is 0 Å². The third-order valence-electron chi connectivity index (χ3n) is 3.89. The van der Waals surface area contributed by atoms with Crippen LogP contribution in [0.4, 0.5) is 23.7 Å². The standard InChI is InChI=1S/C18H17F3N2O3S/c1-25-14-6-2-12(3-7-14)16-23(10-11-27-16)17(24)22-13-4-8-15(9-5-13)26-18(19,20)21/h2-9,16H,10-11H2,1H3,(H,22,24). The van der Waals surface area contributed by atoms with Gasteiger partial charge < -0.3 is 19.7 Å². The minimum absolute atomic E-state index is 0.135. The number of hydrogen-bond donors (Lipinski definition) is 1. The number of benzene rings is 2. The largest absolute Gasteiger partial charge is 0.573 e. The first-order chi connectivity index (χ1) is 12.9. The van der Waals surface area contributed by atoms with Crippen LogP contribution in [0.1, 0.15) is 10.9 Å². The normalized spacial score (nSPS) is 16.9. The Labute approximate surface area is 158 Å². The number of carbonyl (C=O) groups excluding carboxylic acids is 1. The number of amides is 2. The van der Waals surface area contributed by atoms with Crippen LogP contribution in [0.15, 0.2) is 48.5 Å². The third kappa shape index (κ3) is 5.00. The van der Waals surface area contributed by atoms with Gasteiger partial charge in [-0.2, -0.15) is 0 Å². The molecule has 2 aromatic rings. The molecule has 1 unspecified atom stereocenters. The molecule has 144 valence electrons. The molecule has 1 atom stereocenters. The maximum absolute atomic E-state index is 12.6. The quantitative estimate of drug-likeness (QED) is 0.798. The molecule has 9 heteroatoms. The molecule has 5 nitrogen and oxygen atoms in total. The molecule has 0 aromatic heterocycles. The van der Waals surface area contributed by atoms with Crippen LogP contribution < -0.4 is 14.8 Å². The number of methoxy groups -OCH3 is 1. The van der Waals surface area contributed by atoms with E-state index in [9.17, 15) is 18.0 Å². The summed E-state index contributed by atoms with van der Waals surface area (Å²) in [6, 6.07) is 12.2. The zero-order valence-corrected chi connectivity index (χ0v) is 15.1. The van der Waals surface area contributed by atoms with Crippen molar-refractivity contribution >= 4 is 23.5 Å². The summed E-state index contributed by atoms with van der Waals surface area (Å²) >= 11 is 1.64. The molecule has 27 heavy (non-hydrogen) atoms. The van der Waals surface area contributed by atoms with Gasteiger partial charge in [0, 0.05) is 18.0 Å².